The number of methoxy groups -OCH3 is 1. The van der Waals surface area contributed by atoms with Crippen molar-refractivity contribution in [3.63, 3.8) is 0 Å². The minimum absolute atomic E-state index is 0.166. The lowest BCUT2D eigenvalue weighted by Gasteiger charge is -2.32. The number of rotatable bonds is 4. The molecule has 2 rings (SSSR count). The van der Waals surface area contributed by atoms with Gasteiger partial charge in [0.25, 0.3) is 0 Å². The van der Waals surface area contributed by atoms with Crippen molar-refractivity contribution in [2.24, 2.45) is 5.92 Å². The van der Waals surface area contributed by atoms with E-state index >= 15 is 0 Å². The van der Waals surface area contributed by atoms with E-state index < -0.39 is 0 Å². The van der Waals surface area contributed by atoms with Crippen LogP contribution in [-0.2, 0) is 11.2 Å². The Kier molecular flexibility index (Phi) is 5.08. The molecule has 0 aromatic heterocycles. The minimum Gasteiger partial charge on any atom is -0.496 e. The summed E-state index contributed by atoms with van der Waals surface area (Å²) in [6.07, 6.45) is 2.58. The molecule has 3 nitrogen and oxygen atoms in total. The molecule has 19 heavy (non-hydrogen) atoms. The number of carbonyl (C=O) groups is 1. The van der Waals surface area contributed by atoms with E-state index in [1.807, 2.05) is 29.2 Å². The van der Waals surface area contributed by atoms with Crippen molar-refractivity contribution in [3.05, 3.63) is 29.8 Å². The third kappa shape index (κ3) is 3.63. The van der Waals surface area contributed by atoms with Crippen LogP contribution in [0.4, 0.5) is 0 Å². The average molecular weight is 282 g/mol. The third-order valence-corrected chi connectivity index (χ3v) is 4.06. The minimum atomic E-state index is 0.166. The fraction of sp³-hybridized carbons (Fsp3) is 0.533. The van der Waals surface area contributed by atoms with Crippen molar-refractivity contribution in [2.45, 2.75) is 19.3 Å². The van der Waals surface area contributed by atoms with Crippen molar-refractivity contribution in [3.8, 4) is 5.75 Å². The van der Waals surface area contributed by atoms with Gasteiger partial charge in [-0.2, -0.15) is 0 Å². The van der Waals surface area contributed by atoms with Crippen LogP contribution in [0.25, 0.3) is 0 Å². The van der Waals surface area contributed by atoms with Crippen LogP contribution in [0.15, 0.2) is 24.3 Å². The smallest absolute Gasteiger partial charge is 0.227 e. The zero-order chi connectivity index (χ0) is 13.7. The van der Waals surface area contributed by atoms with Crippen LogP contribution in [0.5, 0.6) is 5.75 Å². The predicted octanol–water partition coefficient (Wildman–Crippen LogP) is 2.72. The Morgan fingerprint density at radius 1 is 1.47 bits per heavy atom. The summed E-state index contributed by atoms with van der Waals surface area (Å²) in [5.74, 6) is 2.02. The van der Waals surface area contributed by atoms with Crippen LogP contribution in [0, 0.1) is 5.92 Å². The fourth-order valence-corrected chi connectivity index (χ4v) is 2.79. The highest BCUT2D eigenvalue weighted by molar-refractivity contribution is 6.18. The summed E-state index contributed by atoms with van der Waals surface area (Å²) in [5.41, 5.74) is 0.947. The normalized spacial score (nSPS) is 19.3. The number of likely N-dealkylation sites (tertiary alicyclic amines) is 1. The Morgan fingerprint density at radius 3 is 3.00 bits per heavy atom. The van der Waals surface area contributed by atoms with Crippen molar-refractivity contribution in [1.29, 1.82) is 0 Å². The van der Waals surface area contributed by atoms with Crippen molar-refractivity contribution >= 4 is 17.5 Å². The first-order valence-corrected chi connectivity index (χ1v) is 7.23. The Balaban J connectivity index is 2.00. The molecule has 1 atom stereocenters. The van der Waals surface area contributed by atoms with Crippen LogP contribution < -0.4 is 4.74 Å². The summed E-state index contributed by atoms with van der Waals surface area (Å²) in [4.78, 5) is 14.3. The lowest BCUT2D eigenvalue weighted by Crippen LogP contribution is -2.41. The van der Waals surface area contributed by atoms with Crippen molar-refractivity contribution < 1.29 is 9.53 Å². The lowest BCUT2D eigenvalue weighted by molar-refractivity contribution is -0.132. The number of halogens is 1. The molecule has 1 aliphatic heterocycles. The maximum atomic E-state index is 12.3. The Morgan fingerprint density at radius 2 is 2.26 bits per heavy atom. The number of benzene rings is 1. The van der Waals surface area contributed by atoms with E-state index in [0.29, 0.717) is 18.2 Å². The van der Waals surface area contributed by atoms with Gasteiger partial charge in [-0.15, -0.1) is 11.6 Å². The molecule has 0 N–H and O–H groups in total. The van der Waals surface area contributed by atoms with Gasteiger partial charge in [-0.3, -0.25) is 4.79 Å². The number of alkyl halides is 1. The topological polar surface area (TPSA) is 29.5 Å². The van der Waals surface area contributed by atoms with Gasteiger partial charge in [0.1, 0.15) is 5.75 Å². The molecular weight excluding hydrogens is 262 g/mol. The summed E-state index contributed by atoms with van der Waals surface area (Å²) in [6.45, 7) is 1.64. The highest BCUT2D eigenvalue weighted by atomic mass is 35.5. The largest absolute Gasteiger partial charge is 0.496 e. The van der Waals surface area contributed by atoms with E-state index in [1.165, 1.54) is 0 Å². The zero-order valence-corrected chi connectivity index (χ0v) is 12.0. The summed E-state index contributed by atoms with van der Waals surface area (Å²) < 4.78 is 5.28. The SMILES string of the molecule is COc1ccccc1CC(=O)N1CCCC(CCl)C1. The van der Waals surface area contributed by atoms with E-state index in [1.54, 1.807) is 7.11 Å². The van der Waals surface area contributed by atoms with E-state index in [9.17, 15) is 4.79 Å². The van der Waals surface area contributed by atoms with Gasteiger partial charge in [0.05, 0.1) is 13.5 Å². The van der Waals surface area contributed by atoms with E-state index in [-0.39, 0.29) is 5.91 Å². The molecular formula is C15H20ClNO2. The molecule has 1 aliphatic rings. The van der Waals surface area contributed by atoms with Crippen LogP contribution in [0.2, 0.25) is 0 Å². The molecule has 0 radical (unpaired) electrons. The van der Waals surface area contributed by atoms with Crippen LogP contribution >= 0.6 is 11.6 Å². The van der Waals surface area contributed by atoms with Crippen molar-refractivity contribution in [2.75, 3.05) is 26.1 Å². The van der Waals surface area contributed by atoms with Crippen LogP contribution in [0.3, 0.4) is 0 Å². The molecule has 1 amide bonds. The average Bonchev–Trinajstić information content (AvgIpc) is 2.47. The van der Waals surface area contributed by atoms with Gasteiger partial charge in [0.2, 0.25) is 5.91 Å². The van der Waals surface area contributed by atoms with Gasteiger partial charge in [-0.25, -0.2) is 0 Å². The molecule has 0 spiro atoms. The number of ether oxygens (including phenoxy) is 1. The number of amides is 1. The third-order valence-electron chi connectivity index (χ3n) is 3.62. The molecule has 0 aliphatic carbocycles. The first-order valence-electron chi connectivity index (χ1n) is 6.70. The summed E-state index contributed by atoms with van der Waals surface area (Å²) in [7, 11) is 1.63. The zero-order valence-electron chi connectivity index (χ0n) is 11.3. The summed E-state index contributed by atoms with van der Waals surface area (Å²) >= 11 is 5.90. The number of piperidine rings is 1. The summed E-state index contributed by atoms with van der Waals surface area (Å²) in [6, 6.07) is 7.68. The first kappa shape index (κ1) is 14.2. The summed E-state index contributed by atoms with van der Waals surface area (Å²) in [5, 5.41) is 0. The van der Waals surface area contributed by atoms with Gasteiger partial charge in [-0.05, 0) is 24.8 Å². The van der Waals surface area contributed by atoms with Gasteiger partial charge in [-0.1, -0.05) is 18.2 Å². The molecule has 1 aromatic rings. The lowest BCUT2D eigenvalue weighted by atomic mass is 9.99. The maximum absolute atomic E-state index is 12.3. The van der Waals surface area contributed by atoms with Crippen molar-refractivity contribution in [1.82, 2.24) is 4.90 Å². The monoisotopic (exact) mass is 281 g/mol. The molecule has 1 heterocycles. The number of hydrogen-bond donors (Lipinski definition) is 0. The Labute approximate surface area is 119 Å². The van der Waals surface area contributed by atoms with E-state index in [2.05, 4.69) is 0 Å². The van der Waals surface area contributed by atoms with Gasteiger partial charge in [0, 0.05) is 24.5 Å². The van der Waals surface area contributed by atoms with Gasteiger partial charge < -0.3 is 9.64 Å². The second kappa shape index (κ2) is 6.80. The number of carbonyl (C=O) groups excluding carboxylic acids is 1. The number of para-hydroxylation sites is 1. The first-order chi connectivity index (χ1) is 9.24. The molecule has 1 saturated heterocycles. The molecule has 104 valence electrons. The highest BCUT2D eigenvalue weighted by Crippen LogP contribution is 2.21. The van der Waals surface area contributed by atoms with Gasteiger partial charge in [0.15, 0.2) is 0 Å². The molecule has 0 bridgehead atoms. The van der Waals surface area contributed by atoms with E-state index in [0.717, 1.165) is 37.2 Å². The Bertz CT molecular complexity index is 436. The molecule has 4 heteroatoms. The van der Waals surface area contributed by atoms with E-state index in [4.69, 9.17) is 16.3 Å². The quantitative estimate of drug-likeness (QED) is 0.794. The molecule has 1 fully saturated rings. The van der Waals surface area contributed by atoms with Gasteiger partial charge >= 0.3 is 0 Å². The van der Waals surface area contributed by atoms with Crippen LogP contribution in [0.1, 0.15) is 18.4 Å². The molecule has 0 saturated carbocycles. The maximum Gasteiger partial charge on any atom is 0.227 e. The molecule has 1 aromatic carbocycles. The fourth-order valence-electron chi connectivity index (χ4n) is 2.54. The highest BCUT2D eigenvalue weighted by Gasteiger charge is 2.23. The standard InChI is InChI=1S/C15H20ClNO2/c1-19-14-7-3-2-6-13(14)9-15(18)17-8-4-5-12(10-16)11-17/h2-3,6-7,12H,4-5,8-11H2,1H3. The Hall–Kier alpha value is -1.22. The number of hydrogen-bond acceptors (Lipinski definition) is 2. The second-order valence-electron chi connectivity index (χ2n) is 4.99. The molecule has 1 unspecified atom stereocenters. The van der Waals surface area contributed by atoms with Crippen LogP contribution in [-0.4, -0.2) is 36.9 Å². The number of nitrogens with zero attached hydrogens (tertiary/aromatic N) is 1. The predicted molar refractivity (Wildman–Crippen MR) is 76.7 cm³/mol. The second-order valence-corrected chi connectivity index (χ2v) is 5.30.